The molecule has 2 aromatic carbocycles. The Morgan fingerprint density at radius 3 is 2.65 bits per heavy atom. The van der Waals surface area contributed by atoms with E-state index >= 15 is 0 Å². The molecule has 0 aliphatic carbocycles. The molecule has 0 fully saturated rings. The van der Waals surface area contributed by atoms with E-state index in [-0.39, 0.29) is 5.91 Å². The van der Waals surface area contributed by atoms with Crippen molar-refractivity contribution in [1.29, 1.82) is 5.26 Å². The molecule has 1 aromatic heterocycles. The summed E-state index contributed by atoms with van der Waals surface area (Å²) < 4.78 is 0. The molecule has 1 unspecified atom stereocenters. The molecule has 3 rings (SSSR count). The third-order valence-corrected chi connectivity index (χ3v) is 5.32. The SMILES string of the molecule is CN=CC(=CN)c1ccc(NC(=O)C(NCCc2ccc(C#N)cc2)c2cccc(Cl)c2)nc1. The van der Waals surface area contributed by atoms with Crippen LogP contribution >= 0.6 is 11.6 Å². The molecule has 34 heavy (non-hydrogen) atoms. The van der Waals surface area contributed by atoms with Gasteiger partial charge in [0.15, 0.2) is 0 Å². The van der Waals surface area contributed by atoms with Gasteiger partial charge < -0.3 is 16.4 Å². The number of hydrogen-bond donors (Lipinski definition) is 3. The second-order valence-electron chi connectivity index (χ2n) is 7.43. The third kappa shape index (κ3) is 6.75. The van der Waals surface area contributed by atoms with Crippen molar-refractivity contribution in [2.45, 2.75) is 12.5 Å². The van der Waals surface area contributed by atoms with Crippen LogP contribution in [0.25, 0.3) is 5.57 Å². The lowest BCUT2D eigenvalue weighted by Gasteiger charge is -2.19. The Morgan fingerprint density at radius 1 is 1.24 bits per heavy atom. The number of carbonyl (C=O) groups is 1. The number of hydrogen-bond acceptors (Lipinski definition) is 6. The summed E-state index contributed by atoms with van der Waals surface area (Å²) in [6, 6.07) is 19.6. The minimum absolute atomic E-state index is 0.257. The van der Waals surface area contributed by atoms with Gasteiger partial charge in [-0.15, -0.1) is 0 Å². The summed E-state index contributed by atoms with van der Waals surface area (Å²) in [6.07, 6.45) is 5.41. The maximum absolute atomic E-state index is 13.2. The molecule has 1 amide bonds. The fraction of sp³-hybridized carbons (Fsp3) is 0.154. The summed E-state index contributed by atoms with van der Waals surface area (Å²) >= 11 is 6.17. The zero-order valence-electron chi connectivity index (χ0n) is 18.7. The predicted molar refractivity (Wildman–Crippen MR) is 137 cm³/mol. The number of nitrogens with zero attached hydrogens (tertiary/aromatic N) is 3. The molecule has 1 heterocycles. The zero-order valence-corrected chi connectivity index (χ0v) is 19.5. The highest BCUT2D eigenvalue weighted by Gasteiger charge is 2.21. The summed E-state index contributed by atoms with van der Waals surface area (Å²) in [5.74, 6) is 0.159. The van der Waals surface area contributed by atoms with Crippen molar-refractivity contribution in [2.75, 3.05) is 18.9 Å². The molecule has 0 aliphatic heterocycles. The maximum Gasteiger partial charge on any atom is 0.247 e. The number of carbonyl (C=O) groups excluding carboxylic acids is 1. The van der Waals surface area contributed by atoms with E-state index in [0.29, 0.717) is 29.4 Å². The number of rotatable bonds is 9. The third-order valence-electron chi connectivity index (χ3n) is 5.09. The Labute approximate surface area is 204 Å². The van der Waals surface area contributed by atoms with Crippen molar-refractivity contribution in [1.82, 2.24) is 10.3 Å². The van der Waals surface area contributed by atoms with E-state index in [2.05, 4.69) is 26.7 Å². The molecule has 0 bridgehead atoms. The molecular weight excluding hydrogens is 448 g/mol. The molecule has 4 N–H and O–H groups in total. The molecule has 0 spiro atoms. The highest BCUT2D eigenvalue weighted by molar-refractivity contribution is 6.30. The average Bonchev–Trinajstić information content (AvgIpc) is 2.86. The Kier molecular flexibility index (Phi) is 8.92. The Balaban J connectivity index is 1.72. The van der Waals surface area contributed by atoms with Crippen LogP contribution in [0.1, 0.15) is 28.3 Å². The normalized spacial score (nSPS) is 12.3. The second-order valence-corrected chi connectivity index (χ2v) is 7.87. The van der Waals surface area contributed by atoms with Gasteiger partial charge in [-0.05, 0) is 53.9 Å². The van der Waals surface area contributed by atoms with Gasteiger partial charge in [0.2, 0.25) is 5.91 Å². The molecule has 0 aliphatic rings. The van der Waals surface area contributed by atoms with Crippen molar-refractivity contribution in [3.8, 4) is 6.07 Å². The van der Waals surface area contributed by atoms with Gasteiger partial charge in [-0.25, -0.2) is 4.98 Å². The number of benzene rings is 2. The van der Waals surface area contributed by atoms with Gasteiger partial charge in [-0.3, -0.25) is 9.79 Å². The van der Waals surface area contributed by atoms with Crippen molar-refractivity contribution >= 4 is 35.1 Å². The smallest absolute Gasteiger partial charge is 0.247 e. The van der Waals surface area contributed by atoms with E-state index in [1.54, 1.807) is 49.8 Å². The topological polar surface area (TPSA) is 116 Å². The Hall–Kier alpha value is -3.99. The van der Waals surface area contributed by atoms with Gasteiger partial charge in [-0.2, -0.15) is 5.26 Å². The number of aromatic nitrogens is 1. The molecule has 8 heteroatoms. The number of nitriles is 1. The molecule has 172 valence electrons. The predicted octanol–water partition coefficient (Wildman–Crippen LogP) is 4.12. The highest BCUT2D eigenvalue weighted by atomic mass is 35.5. The van der Waals surface area contributed by atoms with Gasteiger partial charge in [0, 0.05) is 48.4 Å². The van der Waals surface area contributed by atoms with Gasteiger partial charge >= 0.3 is 0 Å². The first-order valence-corrected chi connectivity index (χ1v) is 11.0. The fourth-order valence-corrected chi connectivity index (χ4v) is 3.54. The monoisotopic (exact) mass is 472 g/mol. The van der Waals surface area contributed by atoms with Crippen LogP contribution in [-0.2, 0) is 11.2 Å². The summed E-state index contributed by atoms with van der Waals surface area (Å²) in [6.45, 7) is 0.546. The van der Waals surface area contributed by atoms with Crippen molar-refractivity contribution in [3.63, 3.8) is 0 Å². The second kappa shape index (κ2) is 12.3. The quantitative estimate of drug-likeness (QED) is 0.405. The van der Waals surface area contributed by atoms with Gasteiger partial charge in [-0.1, -0.05) is 35.9 Å². The molecule has 7 nitrogen and oxygen atoms in total. The van der Waals surface area contributed by atoms with Crippen LogP contribution in [0.2, 0.25) is 5.02 Å². The summed E-state index contributed by atoms with van der Waals surface area (Å²) in [5, 5.41) is 15.7. The van der Waals surface area contributed by atoms with Crippen LogP contribution in [0.4, 0.5) is 5.82 Å². The van der Waals surface area contributed by atoms with Gasteiger partial charge in [0.25, 0.3) is 0 Å². The zero-order chi connectivity index (χ0) is 24.3. The number of pyridine rings is 1. The lowest BCUT2D eigenvalue weighted by Crippen LogP contribution is -2.34. The van der Waals surface area contributed by atoms with Crippen LogP contribution in [0.15, 0.2) is 78.1 Å². The number of allylic oxidation sites excluding steroid dienone is 1. The fourth-order valence-electron chi connectivity index (χ4n) is 3.34. The van der Waals surface area contributed by atoms with Crippen molar-refractivity contribution in [2.24, 2.45) is 10.7 Å². The van der Waals surface area contributed by atoms with Crippen LogP contribution < -0.4 is 16.4 Å². The minimum Gasteiger partial charge on any atom is -0.404 e. The Bertz CT molecular complexity index is 1210. The van der Waals surface area contributed by atoms with E-state index < -0.39 is 6.04 Å². The van der Waals surface area contributed by atoms with E-state index in [1.807, 2.05) is 30.3 Å². The lowest BCUT2D eigenvalue weighted by atomic mass is 10.0. The number of nitrogens with two attached hydrogens (primary N) is 1. The molecule has 0 radical (unpaired) electrons. The average molecular weight is 473 g/mol. The molecule has 0 saturated heterocycles. The standard InChI is InChI=1S/C26H25ClN6O/c1-30-16-22(15-29)21-9-10-24(32-17-21)33-26(34)25(20-3-2-4-23(27)13-20)31-12-11-18-5-7-19(14-28)8-6-18/h2-10,13,15-17,25,31H,11-12,29H2,1H3,(H,32,33,34). The first kappa shape index (κ1) is 24.6. The first-order chi connectivity index (χ1) is 16.5. The van der Waals surface area contributed by atoms with E-state index in [1.165, 1.54) is 6.20 Å². The highest BCUT2D eigenvalue weighted by Crippen LogP contribution is 2.20. The van der Waals surface area contributed by atoms with E-state index in [9.17, 15) is 4.79 Å². The largest absolute Gasteiger partial charge is 0.404 e. The van der Waals surface area contributed by atoms with Crippen LogP contribution in [0, 0.1) is 11.3 Å². The number of aliphatic imine (C=N–C) groups is 1. The van der Waals surface area contributed by atoms with Crippen LogP contribution in [-0.4, -0.2) is 30.7 Å². The summed E-state index contributed by atoms with van der Waals surface area (Å²) in [7, 11) is 1.66. The number of halogens is 1. The van der Waals surface area contributed by atoms with Crippen molar-refractivity contribution in [3.05, 3.63) is 100 Å². The minimum atomic E-state index is -0.634. The molecular formula is C26H25ClN6O. The van der Waals surface area contributed by atoms with Crippen LogP contribution in [0.5, 0.6) is 0 Å². The van der Waals surface area contributed by atoms with Crippen LogP contribution in [0.3, 0.4) is 0 Å². The van der Waals surface area contributed by atoms with Crippen molar-refractivity contribution < 1.29 is 4.79 Å². The first-order valence-electron chi connectivity index (χ1n) is 10.6. The molecule has 1 atom stereocenters. The summed E-state index contributed by atoms with van der Waals surface area (Å²) in [5.41, 5.74) is 9.59. The van der Waals surface area contributed by atoms with Gasteiger partial charge in [0.1, 0.15) is 11.9 Å². The number of anilines is 1. The van der Waals surface area contributed by atoms with E-state index in [0.717, 1.165) is 22.3 Å². The van der Waals surface area contributed by atoms with E-state index in [4.69, 9.17) is 22.6 Å². The van der Waals surface area contributed by atoms with Gasteiger partial charge in [0.05, 0.1) is 11.6 Å². The molecule has 0 saturated carbocycles. The maximum atomic E-state index is 13.2. The lowest BCUT2D eigenvalue weighted by molar-refractivity contribution is -0.118. The summed E-state index contributed by atoms with van der Waals surface area (Å²) in [4.78, 5) is 21.5. The number of nitrogens with one attached hydrogen (secondary N) is 2. The molecule has 3 aromatic rings. The Morgan fingerprint density at radius 2 is 2.03 bits per heavy atom. The number of amides is 1.